The van der Waals surface area contributed by atoms with Gasteiger partial charge in [0.2, 0.25) is 6.79 Å². The van der Waals surface area contributed by atoms with Crippen LogP contribution in [0.2, 0.25) is 0 Å². The lowest BCUT2D eigenvalue weighted by Gasteiger charge is -2.21. The molecule has 1 atom stereocenters. The molecule has 2 aromatic carbocycles. The Morgan fingerprint density at radius 3 is 2.35 bits per heavy atom. The predicted octanol–water partition coefficient (Wildman–Crippen LogP) is 4.40. The van der Waals surface area contributed by atoms with Gasteiger partial charge in [0.05, 0.1) is 0 Å². The lowest BCUT2D eigenvalue weighted by atomic mass is 9.89. The molecule has 0 radical (unpaired) electrons. The van der Waals surface area contributed by atoms with Gasteiger partial charge in [0.1, 0.15) is 37.2 Å². The molecule has 0 aliphatic rings. The van der Waals surface area contributed by atoms with Crippen LogP contribution in [-0.4, -0.2) is 72.1 Å². The van der Waals surface area contributed by atoms with E-state index in [9.17, 15) is 14.0 Å². The summed E-state index contributed by atoms with van der Waals surface area (Å²) in [5, 5.41) is 7.68. The number of aliphatic imine (C=N–C) groups is 2. The Morgan fingerprint density at radius 2 is 1.73 bits per heavy atom. The van der Waals surface area contributed by atoms with E-state index in [2.05, 4.69) is 20.0 Å². The highest BCUT2D eigenvalue weighted by molar-refractivity contribution is 5.97. The molecule has 0 saturated heterocycles. The molecule has 5 N–H and O–H groups in total. The van der Waals surface area contributed by atoms with E-state index in [0.29, 0.717) is 16.7 Å². The summed E-state index contributed by atoms with van der Waals surface area (Å²) in [7, 11) is 0. The van der Waals surface area contributed by atoms with Crippen LogP contribution in [0, 0.1) is 18.2 Å². The van der Waals surface area contributed by atoms with Crippen molar-refractivity contribution < 1.29 is 42.1 Å². The summed E-state index contributed by atoms with van der Waals surface area (Å²) in [6.07, 6.45) is 1.74. The zero-order valence-corrected chi connectivity index (χ0v) is 26.9. The summed E-state index contributed by atoms with van der Waals surface area (Å²) < 4.78 is 54.9. The van der Waals surface area contributed by atoms with E-state index in [0.717, 1.165) is 0 Å². The maximum Gasteiger partial charge on any atom is 0.511 e. The van der Waals surface area contributed by atoms with Crippen molar-refractivity contribution >= 4 is 35.8 Å². The normalized spacial score (nSPS) is 12.5. The van der Waals surface area contributed by atoms with Gasteiger partial charge < -0.3 is 35.2 Å². The van der Waals surface area contributed by atoms with Gasteiger partial charge in [-0.25, -0.2) is 23.5 Å². The number of halogens is 2. The highest BCUT2D eigenvalue weighted by atomic mass is 19.1. The first-order chi connectivity index (χ1) is 22.8. The Balaban J connectivity index is 2.02. The van der Waals surface area contributed by atoms with Crippen molar-refractivity contribution in [3.63, 3.8) is 0 Å². The summed E-state index contributed by atoms with van der Waals surface area (Å²) in [5.74, 6) is -2.67. The molecule has 0 aliphatic heterocycles. The van der Waals surface area contributed by atoms with Gasteiger partial charge in [-0.2, -0.15) is 9.98 Å². The third-order valence-electron chi connectivity index (χ3n) is 6.31. The number of nitrogens with zero attached hydrogens (tertiary/aromatic N) is 4. The number of amidine groups is 3. The van der Waals surface area contributed by atoms with Crippen LogP contribution >= 0.6 is 0 Å². The van der Waals surface area contributed by atoms with E-state index in [4.69, 9.17) is 40.6 Å². The molecule has 0 saturated carbocycles. The van der Waals surface area contributed by atoms with Crippen LogP contribution < -0.4 is 16.2 Å². The molecule has 0 bridgehead atoms. The standard InChI is InChI=1S/C32H37F2N7O7/c1-19-14-23(26(34)25(15-19)45-13-12-44-20(2)42)24(16-21-6-8-22(9-7-21)27(35)36)28(37)40-30(41-29-38-10-5-11-39-29)46-18-47-31(43)48-32(3,4)17-33/h5-11,14-15,24H,12-13,16-18H2,1-4H3,(H3,35,36)(H2,37,38,39,40,41)/t24-/m1/s1. The minimum absolute atomic E-state index is 0.0771. The molecular weight excluding hydrogens is 632 g/mol. The molecule has 16 heteroatoms. The maximum atomic E-state index is 16.1. The average Bonchev–Trinajstić information content (AvgIpc) is 3.03. The monoisotopic (exact) mass is 669 g/mol. The Hall–Kier alpha value is -5.67. The molecular formula is C32H37F2N7O7. The first kappa shape index (κ1) is 36.8. The molecule has 48 heavy (non-hydrogen) atoms. The van der Waals surface area contributed by atoms with E-state index >= 15 is 4.39 Å². The minimum Gasteiger partial charge on any atom is -0.487 e. The van der Waals surface area contributed by atoms with Crippen molar-refractivity contribution in [2.75, 3.05) is 26.7 Å². The number of carbonyl (C=O) groups is 2. The highest BCUT2D eigenvalue weighted by Crippen LogP contribution is 2.31. The Morgan fingerprint density at radius 1 is 1.04 bits per heavy atom. The van der Waals surface area contributed by atoms with Crippen LogP contribution in [0.5, 0.6) is 5.75 Å². The van der Waals surface area contributed by atoms with Gasteiger partial charge in [0.25, 0.3) is 5.95 Å². The number of benzene rings is 2. The summed E-state index contributed by atoms with van der Waals surface area (Å²) in [6.45, 7) is 3.78. The topological polar surface area (TPSA) is 207 Å². The van der Waals surface area contributed by atoms with Crippen molar-refractivity contribution in [1.82, 2.24) is 9.97 Å². The molecule has 3 aromatic rings. The molecule has 0 fully saturated rings. The van der Waals surface area contributed by atoms with Gasteiger partial charge in [-0.3, -0.25) is 10.2 Å². The number of nitrogens with two attached hydrogens (primary N) is 2. The van der Waals surface area contributed by atoms with Gasteiger partial charge in [-0.05, 0) is 50.5 Å². The largest absolute Gasteiger partial charge is 0.511 e. The third kappa shape index (κ3) is 11.6. The second kappa shape index (κ2) is 17.3. The van der Waals surface area contributed by atoms with E-state index < -0.39 is 49.0 Å². The van der Waals surface area contributed by atoms with Crippen LogP contribution in [0.1, 0.15) is 48.9 Å². The van der Waals surface area contributed by atoms with E-state index in [1.807, 2.05) is 0 Å². The number of alkyl halides is 1. The molecule has 0 unspecified atom stereocenters. The number of esters is 1. The number of aryl methyl sites for hydroxylation is 1. The highest BCUT2D eigenvalue weighted by Gasteiger charge is 2.26. The molecule has 0 amide bonds. The summed E-state index contributed by atoms with van der Waals surface area (Å²) in [4.78, 5) is 39.6. The second-order valence-electron chi connectivity index (χ2n) is 10.9. The van der Waals surface area contributed by atoms with Crippen molar-refractivity contribution in [2.45, 2.75) is 45.6 Å². The molecule has 256 valence electrons. The SMILES string of the molecule is CC(=O)OCCOc1cc(C)cc([C@@H](Cc2ccc(C(=N)N)cc2)C(N)=NC(=Nc2ncccn2)OCOC(=O)OC(C)(C)CF)c1F. The summed E-state index contributed by atoms with van der Waals surface area (Å²) >= 11 is 0. The van der Waals surface area contributed by atoms with Crippen LogP contribution in [0.4, 0.5) is 19.5 Å². The van der Waals surface area contributed by atoms with E-state index in [1.54, 1.807) is 43.3 Å². The third-order valence-corrected chi connectivity index (χ3v) is 6.31. The Kier molecular flexibility index (Phi) is 13.3. The fraction of sp³-hybridized carbons (Fsp3) is 0.344. The molecule has 14 nitrogen and oxygen atoms in total. The summed E-state index contributed by atoms with van der Waals surface area (Å²) in [6, 6.07) is 10.9. The van der Waals surface area contributed by atoms with Crippen LogP contribution in [0.15, 0.2) is 64.8 Å². The number of aromatic nitrogens is 2. The Bertz CT molecular complexity index is 1640. The number of ether oxygens (including phenoxy) is 5. The van der Waals surface area contributed by atoms with Gasteiger partial charge in [0.15, 0.2) is 11.6 Å². The van der Waals surface area contributed by atoms with E-state index in [1.165, 1.54) is 39.2 Å². The summed E-state index contributed by atoms with van der Waals surface area (Å²) in [5.41, 5.74) is 12.6. The van der Waals surface area contributed by atoms with Gasteiger partial charge in [0, 0.05) is 36.4 Å². The van der Waals surface area contributed by atoms with E-state index in [-0.39, 0.29) is 48.6 Å². The fourth-order valence-corrected chi connectivity index (χ4v) is 4.01. The van der Waals surface area contributed by atoms with Crippen LogP contribution in [0.3, 0.4) is 0 Å². The lowest BCUT2D eigenvalue weighted by molar-refractivity contribution is -0.141. The van der Waals surface area contributed by atoms with Crippen molar-refractivity contribution in [3.05, 3.63) is 82.9 Å². The average molecular weight is 670 g/mol. The number of nitrogens with one attached hydrogen (secondary N) is 1. The van der Waals surface area contributed by atoms with Crippen LogP contribution in [-0.2, 0) is 30.2 Å². The quantitative estimate of drug-likeness (QED) is 0.0721. The van der Waals surface area contributed by atoms with Crippen molar-refractivity contribution in [3.8, 4) is 5.75 Å². The van der Waals surface area contributed by atoms with Gasteiger partial charge in [-0.1, -0.05) is 30.3 Å². The van der Waals surface area contributed by atoms with Crippen LogP contribution in [0.25, 0.3) is 0 Å². The zero-order chi connectivity index (χ0) is 35.3. The number of carbonyl (C=O) groups excluding carboxylic acids is 2. The number of hydrogen-bond acceptors (Lipinski definition) is 11. The van der Waals surface area contributed by atoms with Gasteiger partial charge >= 0.3 is 18.1 Å². The van der Waals surface area contributed by atoms with Crippen molar-refractivity contribution in [2.24, 2.45) is 21.5 Å². The van der Waals surface area contributed by atoms with Crippen molar-refractivity contribution in [1.29, 1.82) is 5.41 Å². The second-order valence-corrected chi connectivity index (χ2v) is 10.9. The molecule has 1 heterocycles. The zero-order valence-electron chi connectivity index (χ0n) is 26.9. The molecule has 0 spiro atoms. The number of rotatable bonds is 14. The maximum absolute atomic E-state index is 16.1. The number of hydrogen-bond donors (Lipinski definition) is 3. The fourth-order valence-electron chi connectivity index (χ4n) is 4.01. The van der Waals surface area contributed by atoms with Gasteiger partial charge in [-0.15, -0.1) is 0 Å². The first-order valence-corrected chi connectivity index (χ1v) is 14.5. The molecule has 1 aromatic heterocycles. The number of nitrogen functional groups attached to an aromatic ring is 1. The minimum atomic E-state index is -1.43. The smallest absolute Gasteiger partial charge is 0.487 e. The lowest BCUT2D eigenvalue weighted by Crippen LogP contribution is -2.31. The predicted molar refractivity (Wildman–Crippen MR) is 171 cm³/mol. The molecule has 0 aliphatic carbocycles. The first-order valence-electron chi connectivity index (χ1n) is 14.5. The Labute approximate surface area is 275 Å². The molecule has 3 rings (SSSR count).